The highest BCUT2D eigenvalue weighted by Crippen LogP contribution is 2.09. The molecule has 2 aromatic rings. The largest absolute Gasteiger partial charge is 0.380 e. The van der Waals surface area contributed by atoms with E-state index in [1.54, 1.807) is 0 Å². The zero-order chi connectivity index (χ0) is 12.8. The van der Waals surface area contributed by atoms with Crippen LogP contribution in [0.3, 0.4) is 0 Å². The van der Waals surface area contributed by atoms with Gasteiger partial charge in [0.15, 0.2) is 0 Å². The minimum absolute atomic E-state index is 0.411. The second-order valence-corrected chi connectivity index (χ2v) is 4.60. The van der Waals surface area contributed by atoms with Crippen LogP contribution in [0.1, 0.15) is 26.7 Å². The molecular weight excluding hydrogens is 226 g/mol. The molecule has 0 fully saturated rings. The van der Waals surface area contributed by atoms with Crippen LogP contribution >= 0.6 is 0 Å². The molecule has 1 atom stereocenters. The van der Waals surface area contributed by atoms with Crippen LogP contribution in [0.5, 0.6) is 0 Å². The highest BCUT2D eigenvalue weighted by atomic mass is 15.3. The maximum absolute atomic E-state index is 4.31. The summed E-state index contributed by atoms with van der Waals surface area (Å²) in [5, 5.41) is 12.0. The number of nitrogens with zero attached hydrogens (tertiary/aromatic N) is 4. The van der Waals surface area contributed by atoms with Crippen molar-refractivity contribution in [2.75, 3.05) is 5.32 Å². The molecule has 2 aromatic heterocycles. The van der Waals surface area contributed by atoms with Crippen LogP contribution in [0.15, 0.2) is 30.9 Å². The van der Waals surface area contributed by atoms with Gasteiger partial charge in [-0.05, 0) is 25.8 Å². The summed E-state index contributed by atoms with van der Waals surface area (Å²) in [4.78, 5) is 0. The van der Waals surface area contributed by atoms with Gasteiger partial charge < -0.3 is 5.32 Å². The van der Waals surface area contributed by atoms with Crippen molar-refractivity contribution in [3.8, 4) is 0 Å². The third-order valence-corrected chi connectivity index (χ3v) is 2.85. The van der Waals surface area contributed by atoms with Crippen LogP contribution in [0.25, 0.3) is 0 Å². The lowest BCUT2D eigenvalue weighted by molar-refractivity contribution is 0.545. The van der Waals surface area contributed by atoms with E-state index < -0.39 is 0 Å². The molecule has 5 nitrogen and oxygen atoms in total. The molecule has 2 rings (SSSR count). The topological polar surface area (TPSA) is 47.7 Å². The number of aryl methyl sites for hydroxylation is 2. The Balaban J connectivity index is 1.77. The Morgan fingerprint density at radius 2 is 2.17 bits per heavy atom. The van der Waals surface area contributed by atoms with Crippen LogP contribution in [0, 0.1) is 0 Å². The molecule has 0 unspecified atom stereocenters. The van der Waals surface area contributed by atoms with Crippen LogP contribution in [0.2, 0.25) is 0 Å². The predicted octanol–water partition coefficient (Wildman–Crippen LogP) is 2.38. The van der Waals surface area contributed by atoms with Crippen molar-refractivity contribution >= 4 is 5.69 Å². The number of hydrogen-bond acceptors (Lipinski definition) is 3. The van der Waals surface area contributed by atoms with E-state index in [9.17, 15) is 0 Å². The van der Waals surface area contributed by atoms with Gasteiger partial charge in [-0.15, -0.1) is 0 Å². The number of aromatic nitrogens is 4. The molecule has 5 heteroatoms. The molecule has 1 N–H and O–H groups in total. The average molecular weight is 247 g/mol. The summed E-state index contributed by atoms with van der Waals surface area (Å²) < 4.78 is 3.93. The van der Waals surface area contributed by atoms with Crippen LogP contribution in [0.4, 0.5) is 5.69 Å². The molecule has 0 radical (unpaired) electrons. The molecular formula is C13H21N5. The number of rotatable bonds is 7. The van der Waals surface area contributed by atoms with Gasteiger partial charge in [0.2, 0.25) is 0 Å². The Bertz CT molecular complexity index is 446. The lowest BCUT2D eigenvalue weighted by atomic mass is 10.2. The maximum Gasteiger partial charge on any atom is 0.0728 e. The van der Waals surface area contributed by atoms with Gasteiger partial charge in [-0.3, -0.25) is 9.36 Å². The molecule has 0 bridgehead atoms. The van der Waals surface area contributed by atoms with E-state index >= 15 is 0 Å². The molecule has 0 amide bonds. The van der Waals surface area contributed by atoms with Gasteiger partial charge in [0.25, 0.3) is 0 Å². The Morgan fingerprint density at radius 1 is 1.28 bits per heavy atom. The summed E-state index contributed by atoms with van der Waals surface area (Å²) in [5.41, 5.74) is 1.09. The summed E-state index contributed by atoms with van der Waals surface area (Å²) in [6, 6.07) is 2.36. The SMILES string of the molecule is CCCn1cc(N[C@H](C)CCn2cccn2)cn1. The van der Waals surface area contributed by atoms with Crippen molar-refractivity contribution in [3.05, 3.63) is 30.9 Å². The van der Waals surface area contributed by atoms with E-state index in [2.05, 4.69) is 35.6 Å². The predicted molar refractivity (Wildman–Crippen MR) is 72.4 cm³/mol. The molecule has 0 spiro atoms. The molecule has 18 heavy (non-hydrogen) atoms. The normalized spacial score (nSPS) is 12.6. The van der Waals surface area contributed by atoms with Crippen molar-refractivity contribution in [1.29, 1.82) is 0 Å². The number of anilines is 1. The van der Waals surface area contributed by atoms with Gasteiger partial charge in [0.1, 0.15) is 0 Å². The van der Waals surface area contributed by atoms with Crippen molar-refractivity contribution in [2.45, 2.75) is 45.8 Å². The zero-order valence-electron chi connectivity index (χ0n) is 11.1. The van der Waals surface area contributed by atoms with E-state index in [0.717, 1.165) is 31.6 Å². The Morgan fingerprint density at radius 3 is 2.89 bits per heavy atom. The highest BCUT2D eigenvalue weighted by molar-refractivity contribution is 5.38. The second kappa shape index (κ2) is 6.23. The van der Waals surface area contributed by atoms with Gasteiger partial charge in [-0.1, -0.05) is 6.92 Å². The molecule has 0 aromatic carbocycles. The quantitative estimate of drug-likeness (QED) is 0.817. The Kier molecular flexibility index (Phi) is 4.39. The van der Waals surface area contributed by atoms with Crippen molar-refractivity contribution in [3.63, 3.8) is 0 Å². The fourth-order valence-corrected chi connectivity index (χ4v) is 1.90. The van der Waals surface area contributed by atoms with Crippen molar-refractivity contribution in [1.82, 2.24) is 19.6 Å². The van der Waals surface area contributed by atoms with Crippen LogP contribution < -0.4 is 5.32 Å². The Labute approximate surface area is 108 Å². The van der Waals surface area contributed by atoms with Gasteiger partial charge in [0, 0.05) is 37.7 Å². The summed E-state index contributed by atoms with van der Waals surface area (Å²) in [6.07, 6.45) is 9.91. The summed E-state index contributed by atoms with van der Waals surface area (Å²) in [7, 11) is 0. The number of nitrogens with one attached hydrogen (secondary N) is 1. The van der Waals surface area contributed by atoms with Gasteiger partial charge in [-0.2, -0.15) is 10.2 Å². The number of hydrogen-bond donors (Lipinski definition) is 1. The van der Waals surface area contributed by atoms with Gasteiger partial charge in [-0.25, -0.2) is 0 Å². The molecule has 2 heterocycles. The first kappa shape index (κ1) is 12.7. The third-order valence-electron chi connectivity index (χ3n) is 2.85. The first-order valence-electron chi connectivity index (χ1n) is 6.54. The van der Waals surface area contributed by atoms with E-state index in [1.165, 1.54) is 0 Å². The van der Waals surface area contributed by atoms with E-state index in [0.29, 0.717) is 6.04 Å². The monoisotopic (exact) mass is 247 g/mol. The van der Waals surface area contributed by atoms with Crippen molar-refractivity contribution in [2.24, 2.45) is 0 Å². The second-order valence-electron chi connectivity index (χ2n) is 4.60. The first-order valence-corrected chi connectivity index (χ1v) is 6.54. The maximum atomic E-state index is 4.31. The van der Waals surface area contributed by atoms with Gasteiger partial charge in [0.05, 0.1) is 11.9 Å². The zero-order valence-corrected chi connectivity index (χ0v) is 11.1. The van der Waals surface area contributed by atoms with E-state index in [-0.39, 0.29) is 0 Å². The Hall–Kier alpha value is -1.78. The van der Waals surface area contributed by atoms with E-state index in [1.807, 2.05) is 34.0 Å². The van der Waals surface area contributed by atoms with Crippen LogP contribution in [-0.4, -0.2) is 25.6 Å². The minimum atomic E-state index is 0.411. The lowest BCUT2D eigenvalue weighted by Crippen LogP contribution is -2.17. The summed E-state index contributed by atoms with van der Waals surface area (Å²) in [6.45, 7) is 6.25. The fraction of sp³-hybridized carbons (Fsp3) is 0.538. The molecule has 0 saturated carbocycles. The highest BCUT2D eigenvalue weighted by Gasteiger charge is 2.04. The fourth-order valence-electron chi connectivity index (χ4n) is 1.90. The first-order chi connectivity index (χ1) is 8.78. The lowest BCUT2D eigenvalue weighted by Gasteiger charge is -2.13. The summed E-state index contributed by atoms with van der Waals surface area (Å²) >= 11 is 0. The van der Waals surface area contributed by atoms with Crippen LogP contribution in [-0.2, 0) is 13.1 Å². The van der Waals surface area contributed by atoms with Crippen molar-refractivity contribution < 1.29 is 0 Å². The smallest absolute Gasteiger partial charge is 0.0728 e. The molecule has 0 saturated heterocycles. The minimum Gasteiger partial charge on any atom is -0.380 e. The van der Waals surface area contributed by atoms with Gasteiger partial charge >= 0.3 is 0 Å². The molecule has 0 aliphatic heterocycles. The molecule has 0 aliphatic rings. The third kappa shape index (κ3) is 3.61. The average Bonchev–Trinajstić information content (AvgIpc) is 2.99. The molecule has 98 valence electrons. The van der Waals surface area contributed by atoms with E-state index in [4.69, 9.17) is 0 Å². The summed E-state index contributed by atoms with van der Waals surface area (Å²) in [5.74, 6) is 0. The standard InChI is InChI=1S/C13H21N5/c1-3-7-18-11-13(10-15-18)16-12(2)5-9-17-8-4-6-14-17/h4,6,8,10-12,16H,3,5,7,9H2,1-2H3/t12-/m1/s1. The molecule has 0 aliphatic carbocycles.